The Morgan fingerprint density at radius 1 is 1.19 bits per heavy atom. The van der Waals surface area contributed by atoms with Crippen LogP contribution in [-0.4, -0.2) is 11.9 Å². The minimum atomic E-state index is 0.207. The summed E-state index contributed by atoms with van der Waals surface area (Å²) in [5, 5.41) is 3.12. The van der Waals surface area contributed by atoms with E-state index >= 15 is 0 Å². The van der Waals surface area contributed by atoms with Crippen molar-refractivity contribution in [3.63, 3.8) is 0 Å². The van der Waals surface area contributed by atoms with Gasteiger partial charge in [0.2, 0.25) is 5.91 Å². The quantitative estimate of drug-likeness (QED) is 0.779. The number of nitrogens with one attached hydrogen (secondary N) is 1. The Morgan fingerprint density at radius 2 is 1.75 bits per heavy atom. The smallest absolute Gasteiger partial charge is 0.219 e. The lowest BCUT2D eigenvalue weighted by Gasteiger charge is -2.39. The van der Waals surface area contributed by atoms with E-state index in [9.17, 15) is 4.79 Å². The minimum Gasteiger partial charge on any atom is -0.353 e. The van der Waals surface area contributed by atoms with E-state index in [-0.39, 0.29) is 5.91 Å². The van der Waals surface area contributed by atoms with Gasteiger partial charge in [-0.3, -0.25) is 4.79 Å². The van der Waals surface area contributed by atoms with Crippen LogP contribution in [0.5, 0.6) is 0 Å². The molecule has 1 saturated carbocycles. The SMILES string of the molecule is CCC(=O)NC1CCC(C(C)(C)CC)CC1. The summed E-state index contributed by atoms with van der Waals surface area (Å²) >= 11 is 0. The summed E-state index contributed by atoms with van der Waals surface area (Å²) in [5.74, 6) is 1.05. The highest BCUT2D eigenvalue weighted by molar-refractivity contribution is 5.75. The van der Waals surface area contributed by atoms with E-state index in [4.69, 9.17) is 0 Å². The zero-order valence-corrected chi connectivity index (χ0v) is 11.3. The zero-order valence-electron chi connectivity index (χ0n) is 11.3. The molecule has 1 amide bonds. The fourth-order valence-electron chi connectivity index (χ4n) is 2.64. The summed E-state index contributed by atoms with van der Waals surface area (Å²) in [6.45, 7) is 8.96. The summed E-state index contributed by atoms with van der Waals surface area (Å²) < 4.78 is 0. The maximum Gasteiger partial charge on any atom is 0.219 e. The predicted molar refractivity (Wildman–Crippen MR) is 68.3 cm³/mol. The zero-order chi connectivity index (χ0) is 12.2. The number of amides is 1. The summed E-state index contributed by atoms with van der Waals surface area (Å²) in [6, 6.07) is 0.441. The van der Waals surface area contributed by atoms with Gasteiger partial charge in [0.1, 0.15) is 0 Å². The molecule has 94 valence electrons. The first-order valence-electron chi connectivity index (χ1n) is 6.79. The molecule has 0 aliphatic heterocycles. The Bertz CT molecular complexity index is 227. The van der Waals surface area contributed by atoms with Crippen LogP contribution in [0, 0.1) is 11.3 Å². The Kier molecular flexibility index (Phi) is 4.82. The van der Waals surface area contributed by atoms with Crippen molar-refractivity contribution in [2.75, 3.05) is 0 Å². The van der Waals surface area contributed by atoms with E-state index in [0.29, 0.717) is 17.9 Å². The lowest BCUT2D eigenvalue weighted by molar-refractivity contribution is -0.121. The Balaban J connectivity index is 2.37. The maximum atomic E-state index is 11.3. The van der Waals surface area contributed by atoms with Gasteiger partial charge in [-0.05, 0) is 37.0 Å². The third-order valence-corrected chi connectivity index (χ3v) is 4.43. The number of hydrogen-bond acceptors (Lipinski definition) is 1. The standard InChI is InChI=1S/C14H27NO/c1-5-13(16)15-12-9-7-11(8-10-12)14(3,4)6-2/h11-12H,5-10H2,1-4H3,(H,15,16). The molecule has 0 atom stereocenters. The van der Waals surface area contributed by atoms with E-state index in [2.05, 4.69) is 26.1 Å². The molecule has 2 heteroatoms. The van der Waals surface area contributed by atoms with Crippen molar-refractivity contribution in [3.05, 3.63) is 0 Å². The van der Waals surface area contributed by atoms with Crippen LogP contribution in [0.25, 0.3) is 0 Å². The second kappa shape index (κ2) is 5.70. The van der Waals surface area contributed by atoms with Crippen molar-refractivity contribution in [2.45, 2.75) is 72.3 Å². The molecule has 2 nitrogen and oxygen atoms in total. The molecule has 0 radical (unpaired) electrons. The van der Waals surface area contributed by atoms with Crippen molar-refractivity contribution < 1.29 is 4.79 Å². The van der Waals surface area contributed by atoms with Crippen LogP contribution < -0.4 is 5.32 Å². The molecule has 0 saturated heterocycles. The van der Waals surface area contributed by atoms with E-state index in [1.807, 2.05) is 6.92 Å². The van der Waals surface area contributed by atoms with Crippen molar-refractivity contribution in [1.29, 1.82) is 0 Å². The van der Waals surface area contributed by atoms with Gasteiger partial charge in [-0.1, -0.05) is 34.1 Å². The second-order valence-electron chi connectivity index (χ2n) is 5.81. The number of carbonyl (C=O) groups excluding carboxylic acids is 1. The lowest BCUT2D eigenvalue weighted by Crippen LogP contribution is -2.39. The molecule has 1 aliphatic rings. The van der Waals surface area contributed by atoms with Crippen LogP contribution in [0.3, 0.4) is 0 Å². The monoisotopic (exact) mass is 225 g/mol. The highest BCUT2D eigenvalue weighted by atomic mass is 16.1. The van der Waals surface area contributed by atoms with Crippen LogP contribution in [0.4, 0.5) is 0 Å². The highest BCUT2D eigenvalue weighted by Gasteiger charge is 2.31. The number of rotatable bonds is 4. The molecule has 0 aromatic rings. The van der Waals surface area contributed by atoms with Gasteiger partial charge in [0.25, 0.3) is 0 Å². The molecular weight excluding hydrogens is 198 g/mol. The molecule has 16 heavy (non-hydrogen) atoms. The van der Waals surface area contributed by atoms with E-state index in [0.717, 1.165) is 5.92 Å². The molecular formula is C14H27NO. The van der Waals surface area contributed by atoms with Gasteiger partial charge >= 0.3 is 0 Å². The van der Waals surface area contributed by atoms with Crippen LogP contribution in [-0.2, 0) is 4.79 Å². The van der Waals surface area contributed by atoms with Crippen LogP contribution >= 0.6 is 0 Å². The van der Waals surface area contributed by atoms with Gasteiger partial charge in [0.05, 0.1) is 0 Å². The van der Waals surface area contributed by atoms with Crippen molar-refractivity contribution in [2.24, 2.45) is 11.3 Å². The summed E-state index contributed by atoms with van der Waals surface area (Å²) in [4.78, 5) is 11.3. The van der Waals surface area contributed by atoms with Gasteiger partial charge < -0.3 is 5.32 Å². The van der Waals surface area contributed by atoms with Crippen LogP contribution in [0.1, 0.15) is 66.2 Å². The Hall–Kier alpha value is -0.530. The second-order valence-corrected chi connectivity index (χ2v) is 5.81. The first-order valence-corrected chi connectivity index (χ1v) is 6.79. The molecule has 0 spiro atoms. The first-order chi connectivity index (χ1) is 7.49. The first kappa shape index (κ1) is 13.5. The largest absolute Gasteiger partial charge is 0.353 e. The molecule has 0 aromatic heterocycles. The molecule has 0 bridgehead atoms. The van der Waals surface area contributed by atoms with Crippen molar-refractivity contribution in [3.8, 4) is 0 Å². The van der Waals surface area contributed by atoms with Gasteiger partial charge in [0.15, 0.2) is 0 Å². The molecule has 0 heterocycles. The molecule has 1 rings (SSSR count). The Morgan fingerprint density at radius 3 is 2.19 bits per heavy atom. The van der Waals surface area contributed by atoms with Crippen LogP contribution in [0.15, 0.2) is 0 Å². The molecule has 0 aromatic carbocycles. The summed E-state index contributed by atoms with van der Waals surface area (Å²) in [6.07, 6.45) is 6.74. The number of hydrogen-bond donors (Lipinski definition) is 1. The minimum absolute atomic E-state index is 0.207. The molecule has 1 N–H and O–H groups in total. The molecule has 0 unspecified atom stereocenters. The predicted octanol–water partition coefficient (Wildman–Crippen LogP) is 3.51. The number of carbonyl (C=O) groups is 1. The topological polar surface area (TPSA) is 29.1 Å². The Labute approximate surface area is 100 Å². The van der Waals surface area contributed by atoms with E-state index in [1.165, 1.54) is 32.1 Å². The lowest BCUT2D eigenvalue weighted by atomic mass is 9.69. The van der Waals surface area contributed by atoms with Crippen molar-refractivity contribution >= 4 is 5.91 Å². The fraction of sp³-hybridized carbons (Fsp3) is 0.929. The molecule has 1 aliphatic carbocycles. The fourth-order valence-corrected chi connectivity index (χ4v) is 2.64. The average molecular weight is 225 g/mol. The van der Waals surface area contributed by atoms with Crippen molar-refractivity contribution in [1.82, 2.24) is 5.32 Å². The summed E-state index contributed by atoms with van der Waals surface area (Å²) in [5.41, 5.74) is 0.472. The van der Waals surface area contributed by atoms with Crippen LogP contribution in [0.2, 0.25) is 0 Å². The highest BCUT2D eigenvalue weighted by Crippen LogP contribution is 2.40. The van der Waals surface area contributed by atoms with Gasteiger partial charge in [-0.15, -0.1) is 0 Å². The maximum absolute atomic E-state index is 11.3. The molecule has 1 fully saturated rings. The van der Waals surface area contributed by atoms with E-state index < -0.39 is 0 Å². The normalized spacial score (nSPS) is 26.5. The van der Waals surface area contributed by atoms with E-state index in [1.54, 1.807) is 0 Å². The average Bonchev–Trinajstić information content (AvgIpc) is 2.29. The van der Waals surface area contributed by atoms with Gasteiger partial charge in [-0.2, -0.15) is 0 Å². The van der Waals surface area contributed by atoms with Gasteiger partial charge in [-0.25, -0.2) is 0 Å². The van der Waals surface area contributed by atoms with Gasteiger partial charge in [0, 0.05) is 12.5 Å². The third kappa shape index (κ3) is 3.50. The summed E-state index contributed by atoms with van der Waals surface area (Å²) in [7, 11) is 0. The third-order valence-electron chi connectivity index (χ3n) is 4.43.